The molecule has 0 spiro atoms. The molecular formula is C11H5Cl2F3N2. The van der Waals surface area contributed by atoms with E-state index in [-0.39, 0.29) is 27.1 Å². The number of hydrogen-bond acceptors (Lipinski definition) is 2. The highest BCUT2D eigenvalue weighted by Gasteiger charge is 2.15. The van der Waals surface area contributed by atoms with E-state index in [0.717, 1.165) is 12.1 Å². The summed E-state index contributed by atoms with van der Waals surface area (Å²) >= 11 is 11.5. The normalized spacial score (nSPS) is 10.7. The summed E-state index contributed by atoms with van der Waals surface area (Å²) < 4.78 is 39.0. The third kappa shape index (κ3) is 2.23. The van der Waals surface area contributed by atoms with Gasteiger partial charge in [-0.15, -0.1) is 0 Å². The Kier molecular flexibility index (Phi) is 3.36. The first-order valence-electron chi connectivity index (χ1n) is 4.66. The lowest BCUT2D eigenvalue weighted by atomic mass is 10.1. The fourth-order valence-corrected chi connectivity index (χ4v) is 1.84. The number of halogens is 5. The van der Waals surface area contributed by atoms with Crippen molar-refractivity contribution in [3.63, 3.8) is 0 Å². The van der Waals surface area contributed by atoms with E-state index in [1.165, 1.54) is 6.07 Å². The van der Waals surface area contributed by atoms with Crippen molar-refractivity contribution in [2.45, 2.75) is 0 Å². The van der Waals surface area contributed by atoms with Gasteiger partial charge in [0.05, 0.1) is 15.7 Å². The summed E-state index contributed by atoms with van der Waals surface area (Å²) in [4.78, 5) is 3.81. The van der Waals surface area contributed by atoms with E-state index in [9.17, 15) is 13.2 Å². The van der Waals surface area contributed by atoms with Crippen LogP contribution in [0.15, 0.2) is 18.2 Å². The van der Waals surface area contributed by atoms with Gasteiger partial charge in [0, 0.05) is 5.56 Å². The van der Waals surface area contributed by atoms with Crippen LogP contribution in [-0.2, 0) is 0 Å². The Morgan fingerprint density at radius 3 is 2.06 bits per heavy atom. The highest BCUT2D eigenvalue weighted by molar-refractivity contribution is 6.37. The van der Waals surface area contributed by atoms with Crippen LogP contribution in [0.25, 0.3) is 11.3 Å². The van der Waals surface area contributed by atoms with E-state index >= 15 is 0 Å². The van der Waals surface area contributed by atoms with Crippen LogP contribution in [0.3, 0.4) is 0 Å². The molecule has 7 heteroatoms. The molecule has 2 N–H and O–H groups in total. The lowest BCUT2D eigenvalue weighted by Gasteiger charge is -2.07. The van der Waals surface area contributed by atoms with E-state index in [2.05, 4.69) is 4.98 Å². The Hall–Kier alpha value is -1.46. The molecule has 0 atom stereocenters. The molecule has 1 aromatic carbocycles. The van der Waals surface area contributed by atoms with Gasteiger partial charge in [-0.05, 0) is 18.2 Å². The van der Waals surface area contributed by atoms with Gasteiger partial charge in [-0.2, -0.15) is 0 Å². The quantitative estimate of drug-likeness (QED) is 0.805. The van der Waals surface area contributed by atoms with Crippen LogP contribution in [0.5, 0.6) is 0 Å². The van der Waals surface area contributed by atoms with E-state index in [1.54, 1.807) is 0 Å². The predicted molar refractivity (Wildman–Crippen MR) is 64.0 cm³/mol. The summed E-state index contributed by atoms with van der Waals surface area (Å²) in [5, 5.41) is 0.173. The number of aromatic nitrogens is 1. The summed E-state index contributed by atoms with van der Waals surface area (Å²) in [6.45, 7) is 0. The van der Waals surface area contributed by atoms with Crippen molar-refractivity contribution < 1.29 is 13.2 Å². The number of rotatable bonds is 1. The number of pyridine rings is 1. The summed E-state index contributed by atoms with van der Waals surface area (Å²) in [7, 11) is 0. The van der Waals surface area contributed by atoms with Crippen LogP contribution in [0, 0.1) is 17.5 Å². The van der Waals surface area contributed by atoms with Crippen molar-refractivity contribution in [1.82, 2.24) is 4.98 Å². The number of nitrogens with two attached hydrogens (primary N) is 1. The van der Waals surface area contributed by atoms with Crippen molar-refractivity contribution >= 4 is 29.0 Å². The molecule has 0 radical (unpaired) electrons. The van der Waals surface area contributed by atoms with Crippen molar-refractivity contribution in [2.24, 2.45) is 0 Å². The molecule has 1 heterocycles. The van der Waals surface area contributed by atoms with Crippen molar-refractivity contribution in [1.29, 1.82) is 0 Å². The molecule has 1 aromatic heterocycles. The Bertz CT molecular complexity index is 609. The van der Waals surface area contributed by atoms with Gasteiger partial charge in [0.1, 0.15) is 5.82 Å². The molecule has 18 heavy (non-hydrogen) atoms. The minimum absolute atomic E-state index is 0.0244. The van der Waals surface area contributed by atoms with E-state index in [0.29, 0.717) is 0 Å². The lowest BCUT2D eigenvalue weighted by Crippen LogP contribution is -1.97. The maximum Gasteiger partial charge on any atom is 0.194 e. The molecule has 0 aliphatic heterocycles. The number of benzene rings is 1. The Morgan fingerprint density at radius 1 is 0.944 bits per heavy atom. The molecule has 0 saturated carbocycles. The number of nitrogens with zero attached hydrogens (tertiary/aromatic N) is 1. The number of anilines is 1. The molecule has 0 aliphatic carbocycles. The number of hydrogen-bond donors (Lipinski definition) is 1. The van der Waals surface area contributed by atoms with Gasteiger partial charge in [-0.1, -0.05) is 23.2 Å². The largest absolute Gasteiger partial charge is 0.382 e. The van der Waals surface area contributed by atoms with E-state index < -0.39 is 17.5 Å². The Labute approximate surface area is 110 Å². The van der Waals surface area contributed by atoms with Crippen LogP contribution in [0.1, 0.15) is 0 Å². The molecule has 2 aromatic rings. The average Bonchev–Trinajstić information content (AvgIpc) is 2.30. The van der Waals surface area contributed by atoms with Gasteiger partial charge >= 0.3 is 0 Å². The zero-order valence-corrected chi connectivity index (χ0v) is 10.2. The Balaban J connectivity index is 2.66. The number of nitrogen functional groups attached to an aromatic ring is 1. The summed E-state index contributed by atoms with van der Waals surface area (Å²) in [5.41, 5.74) is 5.47. The summed E-state index contributed by atoms with van der Waals surface area (Å²) in [6.07, 6.45) is 0. The van der Waals surface area contributed by atoms with Gasteiger partial charge in [0.25, 0.3) is 0 Å². The highest BCUT2D eigenvalue weighted by atomic mass is 35.5. The topological polar surface area (TPSA) is 38.9 Å². The third-order valence-corrected chi connectivity index (χ3v) is 2.80. The zero-order valence-electron chi connectivity index (χ0n) is 8.65. The maximum absolute atomic E-state index is 13.1. The molecule has 0 amide bonds. The molecule has 94 valence electrons. The summed E-state index contributed by atoms with van der Waals surface area (Å²) in [6, 6.07) is 2.85. The van der Waals surface area contributed by atoms with Gasteiger partial charge in [0.2, 0.25) is 0 Å². The van der Waals surface area contributed by atoms with Crippen LogP contribution < -0.4 is 5.73 Å². The van der Waals surface area contributed by atoms with Crippen LogP contribution in [-0.4, -0.2) is 4.98 Å². The third-order valence-electron chi connectivity index (χ3n) is 2.21. The first-order valence-corrected chi connectivity index (χ1v) is 5.42. The molecule has 0 fully saturated rings. The second-order valence-corrected chi connectivity index (χ2v) is 4.25. The lowest BCUT2D eigenvalue weighted by molar-refractivity contribution is 0.447. The molecule has 2 rings (SSSR count). The van der Waals surface area contributed by atoms with Gasteiger partial charge in [0.15, 0.2) is 17.5 Å². The molecule has 0 bridgehead atoms. The monoisotopic (exact) mass is 292 g/mol. The zero-order chi connectivity index (χ0) is 13.4. The van der Waals surface area contributed by atoms with Crippen molar-refractivity contribution in [2.75, 3.05) is 5.73 Å². The second kappa shape index (κ2) is 4.66. The maximum atomic E-state index is 13.1. The molecule has 0 saturated heterocycles. The molecule has 2 nitrogen and oxygen atoms in total. The molecule has 0 unspecified atom stereocenters. The standard InChI is InChI=1S/C11H5Cl2F3N2/c12-5-3-6(13)11(17)18-10(5)4-1-7(14)9(16)8(15)2-4/h1-3H,(H2,17,18). The first kappa shape index (κ1) is 13.0. The Morgan fingerprint density at radius 2 is 1.50 bits per heavy atom. The van der Waals surface area contributed by atoms with Crippen LogP contribution in [0.4, 0.5) is 19.0 Å². The van der Waals surface area contributed by atoms with E-state index in [1.807, 2.05) is 0 Å². The minimum atomic E-state index is -1.56. The van der Waals surface area contributed by atoms with E-state index in [4.69, 9.17) is 28.9 Å². The predicted octanol–water partition coefficient (Wildman–Crippen LogP) is 4.05. The fourth-order valence-electron chi connectivity index (χ4n) is 1.38. The van der Waals surface area contributed by atoms with Crippen LogP contribution >= 0.6 is 23.2 Å². The van der Waals surface area contributed by atoms with Gasteiger partial charge in [-0.25, -0.2) is 18.2 Å². The van der Waals surface area contributed by atoms with Crippen molar-refractivity contribution in [3.8, 4) is 11.3 Å². The second-order valence-electron chi connectivity index (χ2n) is 3.44. The molecular weight excluding hydrogens is 288 g/mol. The van der Waals surface area contributed by atoms with Crippen molar-refractivity contribution in [3.05, 3.63) is 45.7 Å². The summed E-state index contributed by atoms with van der Waals surface area (Å²) in [5.74, 6) is -4.27. The molecule has 0 aliphatic rings. The fraction of sp³-hybridized carbons (Fsp3) is 0. The average molecular weight is 293 g/mol. The highest BCUT2D eigenvalue weighted by Crippen LogP contribution is 2.32. The smallest absolute Gasteiger partial charge is 0.194 e. The minimum Gasteiger partial charge on any atom is -0.382 e. The van der Waals surface area contributed by atoms with Gasteiger partial charge < -0.3 is 5.73 Å². The SMILES string of the molecule is Nc1nc(-c2cc(F)c(F)c(F)c2)c(Cl)cc1Cl. The van der Waals surface area contributed by atoms with Crippen LogP contribution in [0.2, 0.25) is 10.0 Å². The van der Waals surface area contributed by atoms with Gasteiger partial charge in [-0.3, -0.25) is 0 Å². The first-order chi connectivity index (χ1) is 8.40.